The normalized spacial score (nSPS) is 17.4. The Hall–Kier alpha value is -0.860. The van der Waals surface area contributed by atoms with Crippen LogP contribution in [-0.2, 0) is 0 Å². The average molecular weight is 274 g/mol. The Kier molecular flexibility index (Phi) is 7.10. The lowest BCUT2D eigenvalue weighted by atomic mass is 10.0. The van der Waals surface area contributed by atoms with Gasteiger partial charge >= 0.3 is 0 Å². The smallest absolute Gasteiger partial charge is 0.0320 e. The number of unbranched alkanes of at least 4 members (excludes halogenated alkanes) is 1. The van der Waals surface area contributed by atoms with E-state index < -0.39 is 0 Å². The van der Waals surface area contributed by atoms with Gasteiger partial charge in [0.15, 0.2) is 0 Å². The van der Waals surface area contributed by atoms with Crippen LogP contribution in [0.5, 0.6) is 0 Å². The van der Waals surface area contributed by atoms with Gasteiger partial charge in [-0.05, 0) is 57.4 Å². The van der Waals surface area contributed by atoms with Crippen LogP contribution in [0, 0.1) is 0 Å². The van der Waals surface area contributed by atoms with E-state index >= 15 is 0 Å². The van der Waals surface area contributed by atoms with Crippen molar-refractivity contribution < 1.29 is 0 Å². The number of hydrogen-bond donors (Lipinski definition) is 1. The lowest BCUT2D eigenvalue weighted by Gasteiger charge is -2.20. The van der Waals surface area contributed by atoms with Gasteiger partial charge in [0.25, 0.3) is 0 Å². The van der Waals surface area contributed by atoms with E-state index in [-0.39, 0.29) is 0 Å². The molecule has 2 nitrogen and oxygen atoms in total. The number of benzene rings is 1. The number of likely N-dealkylation sites (tertiary alicyclic amines) is 1. The molecule has 20 heavy (non-hydrogen) atoms. The quantitative estimate of drug-likeness (QED) is 0.685. The molecule has 0 amide bonds. The molecule has 1 saturated heterocycles. The summed E-state index contributed by atoms with van der Waals surface area (Å²) in [5.41, 5.74) is 1.45. The van der Waals surface area contributed by atoms with Gasteiger partial charge in [-0.15, -0.1) is 0 Å². The Bertz CT molecular complexity index is 344. The number of rotatable bonds is 9. The average Bonchev–Trinajstić information content (AvgIpc) is 3.01. The molecule has 0 aromatic heterocycles. The summed E-state index contributed by atoms with van der Waals surface area (Å²) in [4.78, 5) is 2.60. The second kappa shape index (κ2) is 9.15. The van der Waals surface area contributed by atoms with Gasteiger partial charge in [-0.25, -0.2) is 0 Å². The van der Waals surface area contributed by atoms with E-state index in [0.717, 1.165) is 6.54 Å². The van der Waals surface area contributed by atoms with Crippen molar-refractivity contribution in [3.63, 3.8) is 0 Å². The van der Waals surface area contributed by atoms with E-state index in [1.165, 1.54) is 63.7 Å². The van der Waals surface area contributed by atoms with E-state index in [1.807, 2.05) is 0 Å². The van der Waals surface area contributed by atoms with Gasteiger partial charge in [-0.2, -0.15) is 0 Å². The molecular weight excluding hydrogens is 244 g/mol. The minimum absolute atomic E-state index is 0.537. The summed E-state index contributed by atoms with van der Waals surface area (Å²) in [6, 6.07) is 11.5. The highest BCUT2D eigenvalue weighted by molar-refractivity contribution is 5.18. The molecule has 1 atom stereocenters. The zero-order valence-electron chi connectivity index (χ0n) is 13.0. The van der Waals surface area contributed by atoms with Gasteiger partial charge in [-0.3, -0.25) is 0 Å². The molecule has 1 fully saturated rings. The van der Waals surface area contributed by atoms with Crippen molar-refractivity contribution in [3.05, 3.63) is 35.9 Å². The highest BCUT2D eigenvalue weighted by atomic mass is 15.1. The molecule has 1 unspecified atom stereocenters. The number of nitrogens with zero attached hydrogens (tertiary/aromatic N) is 1. The van der Waals surface area contributed by atoms with Gasteiger partial charge < -0.3 is 10.2 Å². The summed E-state index contributed by atoms with van der Waals surface area (Å²) in [7, 11) is 0. The Morgan fingerprint density at radius 1 is 1.10 bits per heavy atom. The van der Waals surface area contributed by atoms with E-state index in [2.05, 4.69) is 47.5 Å². The van der Waals surface area contributed by atoms with Gasteiger partial charge in [-0.1, -0.05) is 50.1 Å². The van der Waals surface area contributed by atoms with Crippen LogP contribution in [0.15, 0.2) is 30.3 Å². The fourth-order valence-electron chi connectivity index (χ4n) is 3.07. The summed E-state index contributed by atoms with van der Waals surface area (Å²) in [6.07, 6.45) is 7.91. The Balaban J connectivity index is 1.72. The highest BCUT2D eigenvalue weighted by Crippen LogP contribution is 2.19. The van der Waals surface area contributed by atoms with Crippen molar-refractivity contribution in [1.82, 2.24) is 10.2 Å². The van der Waals surface area contributed by atoms with Crippen molar-refractivity contribution in [3.8, 4) is 0 Å². The summed E-state index contributed by atoms with van der Waals surface area (Å²) in [5.74, 6) is 0. The van der Waals surface area contributed by atoms with Gasteiger partial charge in [0.2, 0.25) is 0 Å². The predicted molar refractivity (Wildman–Crippen MR) is 87.0 cm³/mol. The zero-order chi connectivity index (χ0) is 14.0. The highest BCUT2D eigenvalue weighted by Gasteiger charge is 2.12. The number of hydrogen-bond acceptors (Lipinski definition) is 2. The Labute approximate surface area is 124 Å². The number of nitrogens with one attached hydrogen (secondary N) is 1. The third-order valence-corrected chi connectivity index (χ3v) is 4.29. The molecule has 0 radical (unpaired) electrons. The maximum absolute atomic E-state index is 3.77. The molecule has 1 aliphatic heterocycles. The maximum atomic E-state index is 3.77. The van der Waals surface area contributed by atoms with Crippen molar-refractivity contribution in [1.29, 1.82) is 0 Å². The van der Waals surface area contributed by atoms with Crippen LogP contribution in [0.1, 0.15) is 57.1 Å². The molecule has 1 aliphatic rings. The van der Waals surface area contributed by atoms with Crippen LogP contribution >= 0.6 is 0 Å². The molecular formula is C18H30N2. The molecule has 1 aromatic carbocycles. The first kappa shape index (κ1) is 15.5. The van der Waals surface area contributed by atoms with E-state index in [9.17, 15) is 0 Å². The molecule has 2 heteroatoms. The van der Waals surface area contributed by atoms with Crippen LogP contribution in [0.3, 0.4) is 0 Å². The van der Waals surface area contributed by atoms with Crippen molar-refractivity contribution in [2.24, 2.45) is 0 Å². The first-order chi connectivity index (χ1) is 9.90. The fourth-order valence-corrected chi connectivity index (χ4v) is 3.07. The maximum Gasteiger partial charge on any atom is 0.0320 e. The molecule has 1 N–H and O–H groups in total. The molecule has 112 valence electrons. The van der Waals surface area contributed by atoms with Crippen LogP contribution in [0.4, 0.5) is 0 Å². The molecule has 2 rings (SSSR count). The second-order valence-corrected chi connectivity index (χ2v) is 5.96. The summed E-state index contributed by atoms with van der Waals surface area (Å²) < 4.78 is 0. The first-order valence-electron chi connectivity index (χ1n) is 8.41. The summed E-state index contributed by atoms with van der Waals surface area (Å²) in [5, 5.41) is 3.77. The van der Waals surface area contributed by atoms with Crippen molar-refractivity contribution >= 4 is 0 Å². The van der Waals surface area contributed by atoms with Crippen molar-refractivity contribution in [2.75, 3.05) is 26.2 Å². The largest absolute Gasteiger partial charge is 0.310 e. The van der Waals surface area contributed by atoms with E-state index in [1.54, 1.807) is 0 Å². The molecule has 0 saturated carbocycles. The standard InChI is InChI=1S/C18H30N2/c1-2-3-12-18(17-10-5-4-6-11-17)19-13-9-16-20-14-7-8-15-20/h4-6,10-11,18-19H,2-3,7-9,12-16H2,1H3. The third kappa shape index (κ3) is 5.26. The summed E-state index contributed by atoms with van der Waals surface area (Å²) >= 11 is 0. The summed E-state index contributed by atoms with van der Waals surface area (Å²) in [6.45, 7) is 7.31. The molecule has 0 spiro atoms. The monoisotopic (exact) mass is 274 g/mol. The van der Waals surface area contributed by atoms with Gasteiger partial charge in [0, 0.05) is 6.04 Å². The zero-order valence-corrected chi connectivity index (χ0v) is 13.0. The van der Waals surface area contributed by atoms with Crippen molar-refractivity contribution in [2.45, 2.75) is 51.5 Å². The first-order valence-corrected chi connectivity index (χ1v) is 8.41. The fraction of sp³-hybridized carbons (Fsp3) is 0.667. The van der Waals surface area contributed by atoms with Crippen LogP contribution in [-0.4, -0.2) is 31.1 Å². The molecule has 1 aromatic rings. The van der Waals surface area contributed by atoms with Crippen LogP contribution in [0.25, 0.3) is 0 Å². The molecule has 0 bridgehead atoms. The SMILES string of the molecule is CCCCC(NCCCN1CCCC1)c1ccccc1. The lowest BCUT2D eigenvalue weighted by Crippen LogP contribution is -2.27. The van der Waals surface area contributed by atoms with Crippen LogP contribution < -0.4 is 5.32 Å². The van der Waals surface area contributed by atoms with E-state index in [4.69, 9.17) is 0 Å². The Morgan fingerprint density at radius 3 is 2.55 bits per heavy atom. The predicted octanol–water partition coefficient (Wildman–Crippen LogP) is 3.99. The van der Waals surface area contributed by atoms with E-state index in [0.29, 0.717) is 6.04 Å². The third-order valence-electron chi connectivity index (χ3n) is 4.29. The van der Waals surface area contributed by atoms with Crippen LogP contribution in [0.2, 0.25) is 0 Å². The van der Waals surface area contributed by atoms with Gasteiger partial charge in [0.05, 0.1) is 0 Å². The topological polar surface area (TPSA) is 15.3 Å². The minimum Gasteiger partial charge on any atom is -0.310 e. The van der Waals surface area contributed by atoms with Gasteiger partial charge in [0.1, 0.15) is 0 Å². The minimum atomic E-state index is 0.537. The lowest BCUT2D eigenvalue weighted by molar-refractivity contribution is 0.326. The Morgan fingerprint density at radius 2 is 1.85 bits per heavy atom. The molecule has 0 aliphatic carbocycles. The molecule has 1 heterocycles. The second-order valence-electron chi connectivity index (χ2n) is 5.96.